The first-order valence-electron chi connectivity index (χ1n) is 6.20. The first kappa shape index (κ1) is 12.0. The Morgan fingerprint density at radius 3 is 2.79 bits per heavy atom. The zero-order chi connectivity index (χ0) is 13.2. The highest BCUT2D eigenvalue weighted by Crippen LogP contribution is 2.25. The Hall–Kier alpha value is -2.08. The molecule has 100 valence electrons. The van der Waals surface area contributed by atoms with E-state index < -0.39 is 0 Å². The SMILES string of the molecule is Cc1cc(-c2nc(N3CCOCC3)no2)ccc1O. The Balaban J connectivity index is 1.85. The lowest BCUT2D eigenvalue weighted by molar-refractivity contribution is 0.121. The number of hydrogen-bond donors (Lipinski definition) is 1. The number of benzene rings is 1. The minimum atomic E-state index is 0.261. The van der Waals surface area contributed by atoms with Gasteiger partial charge in [0.05, 0.1) is 13.2 Å². The molecule has 0 aliphatic carbocycles. The Bertz CT molecular complexity index is 576. The smallest absolute Gasteiger partial charge is 0.266 e. The molecule has 1 fully saturated rings. The molecule has 6 heteroatoms. The number of anilines is 1. The van der Waals surface area contributed by atoms with Crippen LogP contribution in [0, 0.1) is 6.92 Å². The molecule has 1 aromatic heterocycles. The van der Waals surface area contributed by atoms with Crippen LogP contribution in [0.15, 0.2) is 22.7 Å². The molecule has 1 aliphatic heterocycles. The first-order chi connectivity index (χ1) is 9.24. The van der Waals surface area contributed by atoms with Gasteiger partial charge in [-0.15, -0.1) is 0 Å². The van der Waals surface area contributed by atoms with Crippen molar-refractivity contribution in [1.82, 2.24) is 10.1 Å². The Morgan fingerprint density at radius 1 is 1.26 bits per heavy atom. The van der Waals surface area contributed by atoms with Gasteiger partial charge in [0.1, 0.15) is 5.75 Å². The van der Waals surface area contributed by atoms with Crippen molar-refractivity contribution in [2.75, 3.05) is 31.2 Å². The molecule has 0 radical (unpaired) electrons. The molecule has 1 N–H and O–H groups in total. The summed E-state index contributed by atoms with van der Waals surface area (Å²) in [5.74, 6) is 1.31. The van der Waals surface area contributed by atoms with E-state index in [0.717, 1.165) is 24.2 Å². The molecule has 0 atom stereocenters. The van der Waals surface area contributed by atoms with Gasteiger partial charge in [-0.2, -0.15) is 4.98 Å². The summed E-state index contributed by atoms with van der Waals surface area (Å²) in [5, 5.41) is 13.5. The van der Waals surface area contributed by atoms with Gasteiger partial charge >= 0.3 is 0 Å². The molecule has 2 heterocycles. The number of aromatic nitrogens is 2. The van der Waals surface area contributed by atoms with Crippen LogP contribution < -0.4 is 4.90 Å². The Labute approximate surface area is 110 Å². The highest BCUT2D eigenvalue weighted by atomic mass is 16.5. The fraction of sp³-hybridized carbons (Fsp3) is 0.385. The summed E-state index contributed by atoms with van der Waals surface area (Å²) in [7, 11) is 0. The van der Waals surface area contributed by atoms with Gasteiger partial charge in [-0.1, -0.05) is 0 Å². The Morgan fingerprint density at radius 2 is 2.05 bits per heavy atom. The summed E-state index contributed by atoms with van der Waals surface area (Å²) in [5.41, 5.74) is 1.59. The summed E-state index contributed by atoms with van der Waals surface area (Å²) in [6.45, 7) is 4.74. The third-order valence-corrected chi connectivity index (χ3v) is 3.15. The lowest BCUT2D eigenvalue weighted by Gasteiger charge is -2.24. The van der Waals surface area contributed by atoms with Gasteiger partial charge in [-0.25, -0.2) is 0 Å². The maximum absolute atomic E-state index is 9.51. The van der Waals surface area contributed by atoms with Crippen LogP contribution in [0.1, 0.15) is 5.56 Å². The molecule has 0 unspecified atom stereocenters. The van der Waals surface area contributed by atoms with Crippen molar-refractivity contribution in [3.63, 3.8) is 0 Å². The number of phenols is 1. The van der Waals surface area contributed by atoms with E-state index >= 15 is 0 Å². The third kappa shape index (κ3) is 2.39. The molecule has 1 aromatic carbocycles. The normalized spacial score (nSPS) is 15.7. The van der Waals surface area contributed by atoms with Crippen LogP contribution in [-0.2, 0) is 4.74 Å². The summed E-state index contributed by atoms with van der Waals surface area (Å²) < 4.78 is 10.6. The van der Waals surface area contributed by atoms with Gasteiger partial charge in [-0.3, -0.25) is 0 Å². The molecular formula is C13H15N3O3. The standard InChI is InChI=1S/C13H15N3O3/c1-9-8-10(2-3-11(9)17)12-14-13(15-19-12)16-4-6-18-7-5-16/h2-3,8,17H,4-7H2,1H3. The highest BCUT2D eigenvalue weighted by Gasteiger charge is 2.18. The molecule has 0 saturated carbocycles. The van der Waals surface area contributed by atoms with Crippen molar-refractivity contribution >= 4 is 5.95 Å². The maximum Gasteiger partial charge on any atom is 0.266 e. The average Bonchev–Trinajstić information content (AvgIpc) is 2.93. The maximum atomic E-state index is 9.51. The van der Waals surface area contributed by atoms with E-state index in [9.17, 15) is 5.11 Å². The second kappa shape index (κ2) is 4.89. The van der Waals surface area contributed by atoms with E-state index in [1.54, 1.807) is 12.1 Å². The quantitative estimate of drug-likeness (QED) is 0.885. The van der Waals surface area contributed by atoms with Gasteiger partial charge < -0.3 is 19.3 Å². The fourth-order valence-corrected chi connectivity index (χ4v) is 2.01. The second-order valence-corrected chi connectivity index (χ2v) is 4.50. The number of hydrogen-bond acceptors (Lipinski definition) is 6. The molecule has 3 rings (SSSR count). The predicted molar refractivity (Wildman–Crippen MR) is 69.2 cm³/mol. The molecule has 0 amide bonds. The van der Waals surface area contributed by atoms with Crippen molar-refractivity contribution < 1.29 is 14.4 Å². The topological polar surface area (TPSA) is 71.6 Å². The second-order valence-electron chi connectivity index (χ2n) is 4.50. The lowest BCUT2D eigenvalue weighted by atomic mass is 10.1. The molecule has 2 aromatic rings. The molecule has 19 heavy (non-hydrogen) atoms. The predicted octanol–water partition coefficient (Wildman–Crippen LogP) is 1.59. The number of morpholine rings is 1. The van der Waals surface area contributed by atoms with Gasteiger partial charge in [0, 0.05) is 18.7 Å². The van der Waals surface area contributed by atoms with Gasteiger partial charge in [0.25, 0.3) is 11.8 Å². The minimum absolute atomic E-state index is 0.261. The molecule has 0 spiro atoms. The minimum Gasteiger partial charge on any atom is -0.508 e. The molecule has 1 saturated heterocycles. The molecule has 6 nitrogen and oxygen atoms in total. The Kier molecular flexibility index (Phi) is 3.08. The van der Waals surface area contributed by atoms with E-state index in [0.29, 0.717) is 25.1 Å². The largest absolute Gasteiger partial charge is 0.508 e. The van der Waals surface area contributed by atoms with Crippen molar-refractivity contribution in [3.05, 3.63) is 23.8 Å². The van der Waals surface area contributed by atoms with Crippen LogP contribution in [0.3, 0.4) is 0 Å². The summed E-state index contributed by atoms with van der Waals surface area (Å²) in [4.78, 5) is 6.42. The summed E-state index contributed by atoms with van der Waals surface area (Å²) >= 11 is 0. The van der Waals surface area contributed by atoms with E-state index in [4.69, 9.17) is 9.26 Å². The number of ether oxygens (including phenoxy) is 1. The zero-order valence-corrected chi connectivity index (χ0v) is 10.7. The van der Waals surface area contributed by atoms with E-state index in [-0.39, 0.29) is 5.75 Å². The number of aryl methyl sites for hydroxylation is 1. The number of aromatic hydroxyl groups is 1. The van der Waals surface area contributed by atoms with E-state index in [1.165, 1.54) is 0 Å². The highest BCUT2D eigenvalue weighted by molar-refractivity contribution is 5.58. The van der Waals surface area contributed by atoms with Gasteiger partial charge in [0.2, 0.25) is 0 Å². The van der Waals surface area contributed by atoms with Crippen molar-refractivity contribution in [3.8, 4) is 17.2 Å². The number of nitrogens with zero attached hydrogens (tertiary/aromatic N) is 3. The van der Waals surface area contributed by atoms with Crippen LogP contribution in [0.5, 0.6) is 5.75 Å². The van der Waals surface area contributed by atoms with Crippen LogP contribution in [0.25, 0.3) is 11.5 Å². The van der Waals surface area contributed by atoms with Crippen LogP contribution in [0.2, 0.25) is 0 Å². The summed E-state index contributed by atoms with van der Waals surface area (Å²) in [6, 6.07) is 5.22. The van der Waals surface area contributed by atoms with Gasteiger partial charge in [-0.05, 0) is 35.8 Å². The van der Waals surface area contributed by atoms with Gasteiger partial charge in [0.15, 0.2) is 0 Å². The first-order valence-corrected chi connectivity index (χ1v) is 6.20. The van der Waals surface area contributed by atoms with Crippen molar-refractivity contribution in [2.45, 2.75) is 6.92 Å². The molecular weight excluding hydrogens is 246 g/mol. The van der Waals surface area contributed by atoms with E-state index in [1.807, 2.05) is 17.9 Å². The van der Waals surface area contributed by atoms with Crippen molar-refractivity contribution in [2.24, 2.45) is 0 Å². The monoisotopic (exact) mass is 261 g/mol. The van der Waals surface area contributed by atoms with Crippen LogP contribution in [-0.4, -0.2) is 41.6 Å². The third-order valence-electron chi connectivity index (χ3n) is 3.15. The average molecular weight is 261 g/mol. The fourth-order valence-electron chi connectivity index (χ4n) is 2.01. The molecule has 1 aliphatic rings. The van der Waals surface area contributed by atoms with Crippen LogP contribution >= 0.6 is 0 Å². The molecule has 0 bridgehead atoms. The van der Waals surface area contributed by atoms with Crippen LogP contribution in [0.4, 0.5) is 5.95 Å². The van der Waals surface area contributed by atoms with E-state index in [2.05, 4.69) is 10.1 Å². The van der Waals surface area contributed by atoms with Crippen molar-refractivity contribution in [1.29, 1.82) is 0 Å². The number of rotatable bonds is 2. The lowest BCUT2D eigenvalue weighted by Crippen LogP contribution is -2.36. The zero-order valence-electron chi connectivity index (χ0n) is 10.7. The number of phenolic OH excluding ortho intramolecular Hbond substituents is 1. The summed E-state index contributed by atoms with van der Waals surface area (Å²) in [6.07, 6.45) is 0.